The molecule has 0 saturated carbocycles. The molecule has 3 N–H and O–H groups in total. The van der Waals surface area contributed by atoms with Gasteiger partial charge in [-0.15, -0.1) is 0 Å². The third-order valence-corrected chi connectivity index (χ3v) is 3.56. The molecule has 0 atom stereocenters. The minimum atomic E-state index is -3.17. The molecule has 1 aromatic rings. The lowest BCUT2D eigenvalue weighted by Crippen LogP contribution is -2.34. The van der Waals surface area contributed by atoms with Gasteiger partial charge in [-0.2, -0.15) is 0 Å². The Morgan fingerprint density at radius 3 is 2.55 bits per heavy atom. The van der Waals surface area contributed by atoms with Crippen LogP contribution in [0.15, 0.2) is 34.2 Å². The first kappa shape index (κ1) is 16.3. The fraction of sp³-hybridized carbons (Fsp3) is 0.462. The maximum atomic E-state index is 11.3. The molecule has 0 aromatic heterocycles. The van der Waals surface area contributed by atoms with Crippen LogP contribution in [0.3, 0.4) is 0 Å². The third kappa shape index (κ3) is 5.92. The lowest BCUT2D eigenvalue weighted by molar-refractivity contribution is 0.322. The van der Waals surface area contributed by atoms with E-state index in [-0.39, 0.29) is 4.90 Å². The van der Waals surface area contributed by atoms with Gasteiger partial charge in [-0.1, -0.05) is 6.92 Å². The Balaban J connectivity index is 2.36. The third-order valence-electron chi connectivity index (χ3n) is 2.43. The van der Waals surface area contributed by atoms with E-state index in [2.05, 4.69) is 10.3 Å². The van der Waals surface area contributed by atoms with Crippen molar-refractivity contribution in [2.75, 3.05) is 26.0 Å². The zero-order valence-electron chi connectivity index (χ0n) is 11.8. The molecule has 0 unspecified atom stereocenters. The molecule has 0 radical (unpaired) electrons. The van der Waals surface area contributed by atoms with Crippen LogP contribution in [0, 0.1) is 0 Å². The quantitative estimate of drug-likeness (QED) is 0.441. The molecule has 0 spiro atoms. The van der Waals surface area contributed by atoms with E-state index >= 15 is 0 Å². The Morgan fingerprint density at radius 2 is 2.00 bits per heavy atom. The summed E-state index contributed by atoms with van der Waals surface area (Å²) in [5, 5.41) is 2.93. The highest BCUT2D eigenvalue weighted by atomic mass is 32.2. The molecule has 0 fully saturated rings. The molecule has 6 nitrogen and oxygen atoms in total. The number of benzene rings is 1. The van der Waals surface area contributed by atoms with Crippen molar-refractivity contribution in [3.63, 3.8) is 0 Å². The summed E-state index contributed by atoms with van der Waals surface area (Å²) >= 11 is 0. The highest BCUT2D eigenvalue weighted by Crippen LogP contribution is 2.15. The molecule has 7 heteroatoms. The van der Waals surface area contributed by atoms with E-state index in [1.807, 2.05) is 6.92 Å². The number of nitrogens with one attached hydrogen (secondary N) is 1. The Kier molecular flexibility index (Phi) is 6.30. The monoisotopic (exact) mass is 299 g/mol. The summed E-state index contributed by atoms with van der Waals surface area (Å²) in [5.41, 5.74) is 5.62. The van der Waals surface area contributed by atoms with Gasteiger partial charge in [0.2, 0.25) is 0 Å². The van der Waals surface area contributed by atoms with Crippen molar-refractivity contribution in [2.24, 2.45) is 10.7 Å². The topological polar surface area (TPSA) is 93.8 Å². The van der Waals surface area contributed by atoms with Crippen LogP contribution in [-0.4, -0.2) is 40.3 Å². The van der Waals surface area contributed by atoms with Crippen LogP contribution in [0.2, 0.25) is 0 Å². The number of hydrogen-bond donors (Lipinski definition) is 2. The van der Waals surface area contributed by atoms with E-state index in [1.54, 1.807) is 12.1 Å². The predicted octanol–water partition coefficient (Wildman–Crippen LogP) is 0.783. The Morgan fingerprint density at radius 1 is 1.35 bits per heavy atom. The average molecular weight is 299 g/mol. The van der Waals surface area contributed by atoms with E-state index in [0.717, 1.165) is 6.42 Å². The first-order valence-corrected chi connectivity index (χ1v) is 8.29. The number of rotatable bonds is 7. The van der Waals surface area contributed by atoms with Crippen molar-refractivity contribution < 1.29 is 13.2 Å². The van der Waals surface area contributed by atoms with Crippen molar-refractivity contribution in [2.45, 2.75) is 18.2 Å². The summed E-state index contributed by atoms with van der Waals surface area (Å²) < 4.78 is 28.0. The van der Waals surface area contributed by atoms with Crippen molar-refractivity contribution in [1.29, 1.82) is 0 Å². The normalized spacial score (nSPS) is 12.2. The highest BCUT2D eigenvalue weighted by Gasteiger charge is 2.06. The van der Waals surface area contributed by atoms with Crippen LogP contribution >= 0.6 is 0 Å². The molecule has 0 aliphatic carbocycles. The molecule has 0 aliphatic rings. The first-order chi connectivity index (χ1) is 9.43. The van der Waals surface area contributed by atoms with E-state index in [0.29, 0.717) is 31.4 Å². The summed E-state index contributed by atoms with van der Waals surface area (Å²) in [4.78, 5) is 4.36. The van der Waals surface area contributed by atoms with Gasteiger partial charge >= 0.3 is 0 Å². The number of hydrogen-bond acceptors (Lipinski definition) is 4. The van der Waals surface area contributed by atoms with Crippen LogP contribution in [0.25, 0.3) is 0 Å². The first-order valence-electron chi connectivity index (χ1n) is 6.40. The summed E-state index contributed by atoms with van der Waals surface area (Å²) in [5.74, 6) is 1.02. The lowest BCUT2D eigenvalue weighted by atomic mass is 10.3. The molecule has 1 aromatic carbocycles. The number of nitrogens with zero attached hydrogens (tertiary/aromatic N) is 1. The molecule has 0 aliphatic heterocycles. The van der Waals surface area contributed by atoms with E-state index in [4.69, 9.17) is 10.5 Å². The van der Waals surface area contributed by atoms with Crippen molar-refractivity contribution >= 4 is 15.8 Å². The van der Waals surface area contributed by atoms with E-state index in [1.165, 1.54) is 18.4 Å². The number of guanidine groups is 1. The number of sulfone groups is 1. The number of aliphatic imine (C=N–C) groups is 1. The summed E-state index contributed by atoms with van der Waals surface area (Å²) in [7, 11) is -3.17. The van der Waals surface area contributed by atoms with Crippen molar-refractivity contribution in [3.8, 4) is 5.75 Å². The van der Waals surface area contributed by atoms with Crippen LogP contribution < -0.4 is 15.8 Å². The lowest BCUT2D eigenvalue weighted by Gasteiger charge is -2.08. The Bertz CT molecular complexity index is 538. The summed E-state index contributed by atoms with van der Waals surface area (Å²) in [6.45, 7) is 3.68. The molecule has 0 bridgehead atoms. The maximum Gasteiger partial charge on any atom is 0.188 e. The fourth-order valence-corrected chi connectivity index (χ4v) is 2.05. The van der Waals surface area contributed by atoms with E-state index < -0.39 is 9.84 Å². The van der Waals surface area contributed by atoms with Gasteiger partial charge in [0.1, 0.15) is 12.4 Å². The van der Waals surface area contributed by atoms with Gasteiger partial charge in [-0.05, 0) is 30.7 Å². The molecule has 112 valence electrons. The SMILES string of the molecule is CCCN=C(N)NCCOc1ccc(S(C)(=O)=O)cc1. The van der Waals surface area contributed by atoms with Crippen LogP contribution in [0.5, 0.6) is 5.75 Å². The van der Waals surface area contributed by atoms with Gasteiger partial charge < -0.3 is 15.8 Å². The number of nitrogens with two attached hydrogens (primary N) is 1. The fourth-order valence-electron chi connectivity index (χ4n) is 1.42. The second-order valence-electron chi connectivity index (χ2n) is 4.29. The van der Waals surface area contributed by atoms with Crippen LogP contribution in [0.1, 0.15) is 13.3 Å². The van der Waals surface area contributed by atoms with Gasteiger partial charge in [-0.25, -0.2) is 8.42 Å². The van der Waals surface area contributed by atoms with Crippen molar-refractivity contribution in [1.82, 2.24) is 5.32 Å². The zero-order valence-corrected chi connectivity index (χ0v) is 12.6. The van der Waals surface area contributed by atoms with Gasteiger partial charge in [0.05, 0.1) is 11.4 Å². The molecule has 0 saturated heterocycles. The van der Waals surface area contributed by atoms with E-state index in [9.17, 15) is 8.42 Å². The molecule has 0 amide bonds. The molecule has 1 rings (SSSR count). The number of ether oxygens (including phenoxy) is 1. The zero-order chi connectivity index (χ0) is 15.0. The van der Waals surface area contributed by atoms with Gasteiger partial charge in [0.15, 0.2) is 15.8 Å². The maximum absolute atomic E-state index is 11.3. The summed E-state index contributed by atoms with van der Waals surface area (Å²) in [6, 6.07) is 6.31. The van der Waals surface area contributed by atoms with Gasteiger partial charge in [0, 0.05) is 12.8 Å². The van der Waals surface area contributed by atoms with Gasteiger partial charge in [-0.3, -0.25) is 4.99 Å². The predicted molar refractivity (Wildman–Crippen MR) is 79.8 cm³/mol. The highest BCUT2D eigenvalue weighted by molar-refractivity contribution is 7.90. The smallest absolute Gasteiger partial charge is 0.188 e. The van der Waals surface area contributed by atoms with Crippen LogP contribution in [-0.2, 0) is 9.84 Å². The molecular formula is C13H21N3O3S. The standard InChI is InChI=1S/C13H21N3O3S/c1-3-8-15-13(14)16-9-10-19-11-4-6-12(7-5-11)20(2,17)18/h4-7H,3,8-10H2,1-2H3,(H3,14,15,16). The van der Waals surface area contributed by atoms with Crippen molar-refractivity contribution in [3.05, 3.63) is 24.3 Å². The molecule has 0 heterocycles. The largest absolute Gasteiger partial charge is 0.492 e. The molecule has 20 heavy (non-hydrogen) atoms. The minimum Gasteiger partial charge on any atom is -0.492 e. The van der Waals surface area contributed by atoms with Gasteiger partial charge in [0.25, 0.3) is 0 Å². The second kappa shape index (κ2) is 7.74. The Labute approximate surface area is 120 Å². The van der Waals surface area contributed by atoms with Crippen LogP contribution in [0.4, 0.5) is 0 Å². The Hall–Kier alpha value is -1.76. The second-order valence-corrected chi connectivity index (χ2v) is 6.30. The molecular weight excluding hydrogens is 278 g/mol. The minimum absolute atomic E-state index is 0.277. The summed E-state index contributed by atoms with van der Waals surface area (Å²) in [6.07, 6.45) is 2.12. The average Bonchev–Trinajstić information content (AvgIpc) is 2.41.